The van der Waals surface area contributed by atoms with Gasteiger partial charge in [-0.2, -0.15) is 0 Å². The van der Waals surface area contributed by atoms with E-state index >= 15 is 0 Å². The summed E-state index contributed by atoms with van der Waals surface area (Å²) in [7, 11) is 0. The zero-order valence-corrected chi connectivity index (χ0v) is 9.56. The van der Waals surface area contributed by atoms with Crippen molar-refractivity contribution in [3.05, 3.63) is 33.8 Å². The Balaban J connectivity index is 2.59. The highest BCUT2D eigenvalue weighted by atomic mass is 79.9. The number of hydrogen-bond donors (Lipinski definition) is 1. The lowest BCUT2D eigenvalue weighted by Crippen LogP contribution is -2.14. The minimum atomic E-state index is 0.211. The van der Waals surface area contributed by atoms with E-state index in [-0.39, 0.29) is 11.5 Å². The van der Waals surface area contributed by atoms with Crippen LogP contribution in [0.2, 0.25) is 0 Å². The van der Waals surface area contributed by atoms with Gasteiger partial charge in [0.1, 0.15) is 0 Å². The molecule has 0 bridgehead atoms. The second-order valence-electron chi connectivity index (χ2n) is 4.43. The third kappa shape index (κ3) is 1.42. The summed E-state index contributed by atoms with van der Waals surface area (Å²) in [6.45, 7) is 4.51. The van der Waals surface area contributed by atoms with Crippen molar-refractivity contribution in [1.29, 1.82) is 0 Å². The Labute approximate surface area is 87.5 Å². The van der Waals surface area contributed by atoms with Crippen LogP contribution in [0.5, 0.6) is 0 Å². The zero-order valence-electron chi connectivity index (χ0n) is 7.97. The summed E-state index contributed by atoms with van der Waals surface area (Å²) in [6.07, 6.45) is 1.05. The molecular weight excluding hydrogens is 226 g/mol. The molecule has 13 heavy (non-hydrogen) atoms. The average molecular weight is 240 g/mol. The zero-order chi connectivity index (χ0) is 9.64. The fraction of sp³-hybridized carbons (Fsp3) is 0.455. The van der Waals surface area contributed by atoms with Crippen molar-refractivity contribution in [2.24, 2.45) is 5.73 Å². The smallest absolute Gasteiger partial charge is 0.0306 e. The molecule has 0 saturated carbocycles. The predicted molar refractivity (Wildman–Crippen MR) is 58.7 cm³/mol. The van der Waals surface area contributed by atoms with Crippen molar-refractivity contribution in [3.63, 3.8) is 0 Å². The van der Waals surface area contributed by atoms with Gasteiger partial charge in [-0.15, -0.1) is 0 Å². The van der Waals surface area contributed by atoms with Gasteiger partial charge in [-0.05, 0) is 35.1 Å². The fourth-order valence-electron chi connectivity index (χ4n) is 2.23. The fourth-order valence-corrected chi connectivity index (χ4v) is 2.61. The quantitative estimate of drug-likeness (QED) is 0.740. The first kappa shape index (κ1) is 9.22. The van der Waals surface area contributed by atoms with Crippen LogP contribution in [-0.4, -0.2) is 0 Å². The SMILES string of the molecule is CC1(C)CC(N)c2cc(Br)ccc21. The largest absolute Gasteiger partial charge is 0.324 e. The van der Waals surface area contributed by atoms with Crippen LogP contribution in [0.3, 0.4) is 0 Å². The first-order valence-electron chi connectivity index (χ1n) is 4.56. The predicted octanol–water partition coefficient (Wildman–Crippen LogP) is 3.13. The maximum Gasteiger partial charge on any atom is 0.0306 e. The van der Waals surface area contributed by atoms with Gasteiger partial charge in [0.15, 0.2) is 0 Å². The summed E-state index contributed by atoms with van der Waals surface area (Å²) in [5, 5.41) is 0. The molecule has 1 aromatic carbocycles. The third-order valence-electron chi connectivity index (χ3n) is 2.87. The van der Waals surface area contributed by atoms with Crippen LogP contribution in [0.4, 0.5) is 0 Å². The molecule has 2 rings (SSSR count). The molecule has 0 spiro atoms. The number of hydrogen-bond acceptors (Lipinski definition) is 1. The molecule has 0 radical (unpaired) electrons. The number of halogens is 1. The van der Waals surface area contributed by atoms with Crippen LogP contribution in [-0.2, 0) is 5.41 Å². The third-order valence-corrected chi connectivity index (χ3v) is 3.37. The maximum absolute atomic E-state index is 6.07. The van der Waals surface area contributed by atoms with E-state index in [9.17, 15) is 0 Å². The molecule has 1 nitrogen and oxygen atoms in total. The van der Waals surface area contributed by atoms with Gasteiger partial charge in [0.05, 0.1) is 0 Å². The van der Waals surface area contributed by atoms with Gasteiger partial charge in [-0.3, -0.25) is 0 Å². The van der Waals surface area contributed by atoms with Crippen molar-refractivity contribution in [2.45, 2.75) is 31.7 Å². The van der Waals surface area contributed by atoms with E-state index in [1.54, 1.807) is 0 Å². The molecule has 1 aromatic rings. The second-order valence-corrected chi connectivity index (χ2v) is 5.34. The van der Waals surface area contributed by atoms with E-state index in [4.69, 9.17) is 5.73 Å². The topological polar surface area (TPSA) is 26.0 Å². The van der Waals surface area contributed by atoms with Gasteiger partial charge < -0.3 is 5.73 Å². The lowest BCUT2D eigenvalue weighted by Gasteiger charge is -2.18. The Hall–Kier alpha value is -0.340. The second kappa shape index (κ2) is 2.82. The van der Waals surface area contributed by atoms with E-state index in [0.717, 1.165) is 10.9 Å². The van der Waals surface area contributed by atoms with Gasteiger partial charge >= 0.3 is 0 Å². The lowest BCUT2D eigenvalue weighted by molar-refractivity contribution is 0.481. The van der Waals surface area contributed by atoms with Crippen LogP contribution in [0.25, 0.3) is 0 Å². The van der Waals surface area contributed by atoms with E-state index in [0.29, 0.717) is 0 Å². The standard InChI is InChI=1S/C11H14BrN/c1-11(2)6-10(13)8-5-7(12)3-4-9(8)11/h3-5,10H,6,13H2,1-2H3. The van der Waals surface area contributed by atoms with Crippen molar-refractivity contribution >= 4 is 15.9 Å². The molecule has 1 aliphatic carbocycles. The highest BCUT2D eigenvalue weighted by Crippen LogP contribution is 2.43. The van der Waals surface area contributed by atoms with Gasteiger partial charge in [-0.1, -0.05) is 35.8 Å². The molecule has 0 heterocycles. The Morgan fingerprint density at radius 2 is 2.15 bits per heavy atom. The molecule has 1 atom stereocenters. The Morgan fingerprint density at radius 1 is 1.46 bits per heavy atom. The Kier molecular flexibility index (Phi) is 2.00. The minimum absolute atomic E-state index is 0.211. The Bertz CT molecular complexity index is 344. The average Bonchev–Trinajstić information content (AvgIpc) is 2.22. The molecule has 1 unspecified atom stereocenters. The van der Waals surface area contributed by atoms with Gasteiger partial charge in [-0.25, -0.2) is 0 Å². The van der Waals surface area contributed by atoms with E-state index in [2.05, 4.69) is 48.0 Å². The summed E-state index contributed by atoms with van der Waals surface area (Å²) in [5.74, 6) is 0. The summed E-state index contributed by atoms with van der Waals surface area (Å²) in [4.78, 5) is 0. The lowest BCUT2D eigenvalue weighted by atomic mass is 9.86. The van der Waals surface area contributed by atoms with Crippen molar-refractivity contribution in [1.82, 2.24) is 0 Å². The first-order valence-corrected chi connectivity index (χ1v) is 5.35. The molecule has 0 aliphatic heterocycles. The summed E-state index contributed by atoms with van der Waals surface area (Å²) in [5.41, 5.74) is 9.03. The number of benzene rings is 1. The van der Waals surface area contributed by atoms with E-state index < -0.39 is 0 Å². The molecule has 0 fully saturated rings. The van der Waals surface area contributed by atoms with Crippen molar-refractivity contribution < 1.29 is 0 Å². The highest BCUT2D eigenvalue weighted by Gasteiger charge is 2.34. The Morgan fingerprint density at radius 3 is 2.85 bits per heavy atom. The van der Waals surface area contributed by atoms with Gasteiger partial charge in [0.25, 0.3) is 0 Å². The van der Waals surface area contributed by atoms with Crippen LogP contribution in [0.15, 0.2) is 22.7 Å². The highest BCUT2D eigenvalue weighted by molar-refractivity contribution is 9.10. The summed E-state index contributed by atoms with van der Waals surface area (Å²) in [6, 6.07) is 6.64. The molecule has 70 valence electrons. The van der Waals surface area contributed by atoms with Crippen LogP contribution in [0.1, 0.15) is 37.4 Å². The van der Waals surface area contributed by atoms with Crippen molar-refractivity contribution in [2.75, 3.05) is 0 Å². The van der Waals surface area contributed by atoms with Crippen LogP contribution in [0, 0.1) is 0 Å². The molecular formula is C11H14BrN. The van der Waals surface area contributed by atoms with Crippen molar-refractivity contribution in [3.8, 4) is 0 Å². The molecule has 2 N–H and O–H groups in total. The molecule has 0 saturated heterocycles. The monoisotopic (exact) mass is 239 g/mol. The van der Waals surface area contributed by atoms with Gasteiger partial charge in [0, 0.05) is 10.5 Å². The molecule has 0 amide bonds. The maximum atomic E-state index is 6.07. The normalized spacial score (nSPS) is 24.5. The van der Waals surface area contributed by atoms with Crippen LogP contribution >= 0.6 is 15.9 Å². The molecule has 1 aliphatic rings. The number of nitrogens with two attached hydrogens (primary N) is 1. The van der Waals surface area contributed by atoms with E-state index in [1.807, 2.05) is 0 Å². The van der Waals surface area contributed by atoms with Gasteiger partial charge in [0.2, 0.25) is 0 Å². The number of fused-ring (bicyclic) bond motifs is 1. The van der Waals surface area contributed by atoms with E-state index in [1.165, 1.54) is 11.1 Å². The van der Waals surface area contributed by atoms with Crippen LogP contribution < -0.4 is 5.73 Å². The summed E-state index contributed by atoms with van der Waals surface area (Å²) >= 11 is 3.47. The molecule has 2 heteroatoms. The first-order chi connectivity index (χ1) is 6.00. The molecule has 0 aromatic heterocycles. The minimum Gasteiger partial charge on any atom is -0.324 e. The summed E-state index contributed by atoms with van der Waals surface area (Å²) < 4.78 is 1.12. The number of rotatable bonds is 0.